The van der Waals surface area contributed by atoms with Crippen molar-refractivity contribution in [2.24, 2.45) is 0 Å². The molecule has 18 heavy (non-hydrogen) atoms. The van der Waals surface area contributed by atoms with Gasteiger partial charge in [-0.2, -0.15) is 0 Å². The first kappa shape index (κ1) is 11.1. The lowest BCUT2D eigenvalue weighted by Gasteiger charge is -2.09. The van der Waals surface area contributed by atoms with Crippen LogP contribution in [0.25, 0.3) is 11.1 Å². The molecule has 1 aliphatic rings. The van der Waals surface area contributed by atoms with Gasteiger partial charge in [0.05, 0.1) is 6.10 Å². The summed E-state index contributed by atoms with van der Waals surface area (Å²) in [4.78, 5) is 0. The number of aryl methyl sites for hydroxylation is 1. The van der Waals surface area contributed by atoms with Gasteiger partial charge >= 0.3 is 0 Å². The van der Waals surface area contributed by atoms with Crippen molar-refractivity contribution < 1.29 is 4.74 Å². The average Bonchev–Trinajstić information content (AvgIpc) is 3.15. The van der Waals surface area contributed by atoms with E-state index < -0.39 is 0 Å². The van der Waals surface area contributed by atoms with E-state index in [9.17, 15) is 0 Å². The molecular weight excluding hydrogens is 222 g/mol. The van der Waals surface area contributed by atoms with Gasteiger partial charge < -0.3 is 10.5 Å². The molecule has 2 nitrogen and oxygen atoms in total. The lowest BCUT2D eigenvalue weighted by Crippen LogP contribution is -1.95. The fourth-order valence-electron chi connectivity index (χ4n) is 2.04. The summed E-state index contributed by atoms with van der Waals surface area (Å²) >= 11 is 0. The van der Waals surface area contributed by atoms with Crippen molar-refractivity contribution in [1.29, 1.82) is 0 Å². The van der Waals surface area contributed by atoms with Gasteiger partial charge in [-0.25, -0.2) is 0 Å². The fraction of sp³-hybridized carbons (Fsp3) is 0.250. The van der Waals surface area contributed by atoms with Crippen LogP contribution in [0.4, 0.5) is 5.69 Å². The standard InChI is InChI=1S/C16H17NO/c1-11-2-9-15(16(17)10-11)12-3-5-13(6-4-12)18-14-7-8-14/h2-6,9-10,14H,7-8,17H2,1H3. The molecule has 1 saturated carbocycles. The van der Waals surface area contributed by atoms with Crippen LogP contribution in [0.5, 0.6) is 5.75 Å². The number of benzene rings is 2. The van der Waals surface area contributed by atoms with Gasteiger partial charge in [0.15, 0.2) is 0 Å². The van der Waals surface area contributed by atoms with Crippen LogP contribution in [0.15, 0.2) is 42.5 Å². The van der Waals surface area contributed by atoms with Crippen molar-refractivity contribution in [2.75, 3.05) is 5.73 Å². The molecule has 2 aromatic carbocycles. The van der Waals surface area contributed by atoms with Gasteiger partial charge in [0.1, 0.15) is 5.75 Å². The molecule has 2 N–H and O–H groups in total. The summed E-state index contributed by atoms with van der Waals surface area (Å²) in [5.41, 5.74) is 10.3. The maximum absolute atomic E-state index is 6.05. The Morgan fingerprint density at radius 3 is 2.39 bits per heavy atom. The zero-order valence-electron chi connectivity index (χ0n) is 10.5. The normalized spacial score (nSPS) is 14.5. The van der Waals surface area contributed by atoms with Crippen LogP contribution in [0.1, 0.15) is 18.4 Å². The van der Waals surface area contributed by atoms with E-state index in [1.54, 1.807) is 0 Å². The Labute approximate surface area is 107 Å². The fourth-order valence-corrected chi connectivity index (χ4v) is 2.04. The van der Waals surface area contributed by atoms with E-state index in [2.05, 4.69) is 24.3 Å². The highest BCUT2D eigenvalue weighted by molar-refractivity contribution is 5.77. The summed E-state index contributed by atoms with van der Waals surface area (Å²) in [6, 6.07) is 14.3. The van der Waals surface area contributed by atoms with Gasteiger partial charge in [-0.15, -0.1) is 0 Å². The Morgan fingerprint density at radius 1 is 1.06 bits per heavy atom. The highest BCUT2D eigenvalue weighted by atomic mass is 16.5. The van der Waals surface area contributed by atoms with Gasteiger partial charge in [0.25, 0.3) is 0 Å². The van der Waals surface area contributed by atoms with E-state index in [1.807, 2.05) is 25.1 Å². The number of nitrogens with two attached hydrogens (primary N) is 1. The van der Waals surface area contributed by atoms with Crippen molar-refractivity contribution >= 4 is 5.69 Å². The third kappa shape index (κ3) is 2.33. The lowest BCUT2D eigenvalue weighted by molar-refractivity contribution is 0.303. The van der Waals surface area contributed by atoms with E-state index in [4.69, 9.17) is 10.5 Å². The smallest absolute Gasteiger partial charge is 0.119 e. The number of rotatable bonds is 3. The van der Waals surface area contributed by atoms with Crippen LogP contribution in [-0.4, -0.2) is 6.10 Å². The molecule has 0 radical (unpaired) electrons. The van der Waals surface area contributed by atoms with Crippen molar-refractivity contribution in [3.63, 3.8) is 0 Å². The molecule has 0 saturated heterocycles. The molecule has 0 bridgehead atoms. The van der Waals surface area contributed by atoms with Crippen molar-refractivity contribution in [3.05, 3.63) is 48.0 Å². The highest BCUT2D eigenvalue weighted by Gasteiger charge is 2.23. The maximum atomic E-state index is 6.05. The predicted octanol–water partition coefficient (Wildman–Crippen LogP) is 3.79. The molecule has 0 amide bonds. The van der Waals surface area contributed by atoms with Crippen LogP contribution in [-0.2, 0) is 0 Å². The van der Waals surface area contributed by atoms with Crippen LogP contribution in [0, 0.1) is 6.92 Å². The largest absolute Gasteiger partial charge is 0.490 e. The number of anilines is 1. The molecule has 92 valence electrons. The predicted molar refractivity (Wildman–Crippen MR) is 74.7 cm³/mol. The summed E-state index contributed by atoms with van der Waals surface area (Å²) in [6.07, 6.45) is 2.82. The monoisotopic (exact) mass is 239 g/mol. The molecule has 0 aliphatic heterocycles. The molecule has 0 unspecified atom stereocenters. The quantitative estimate of drug-likeness (QED) is 0.827. The second-order valence-corrected chi connectivity index (χ2v) is 4.93. The lowest BCUT2D eigenvalue weighted by atomic mass is 10.0. The maximum Gasteiger partial charge on any atom is 0.119 e. The zero-order chi connectivity index (χ0) is 12.5. The van der Waals surface area contributed by atoms with Crippen LogP contribution < -0.4 is 10.5 Å². The Balaban J connectivity index is 1.86. The van der Waals surface area contributed by atoms with Gasteiger partial charge in [-0.1, -0.05) is 24.3 Å². The summed E-state index contributed by atoms with van der Waals surface area (Å²) in [5, 5.41) is 0. The molecule has 0 atom stereocenters. The Morgan fingerprint density at radius 2 is 1.78 bits per heavy atom. The summed E-state index contributed by atoms with van der Waals surface area (Å²) in [7, 11) is 0. The zero-order valence-corrected chi connectivity index (χ0v) is 10.5. The second kappa shape index (κ2) is 4.37. The van der Waals surface area contributed by atoms with Crippen molar-refractivity contribution in [3.8, 4) is 16.9 Å². The Hall–Kier alpha value is -1.96. The van der Waals surface area contributed by atoms with Crippen molar-refractivity contribution in [2.45, 2.75) is 25.9 Å². The molecule has 0 spiro atoms. The van der Waals surface area contributed by atoms with Gasteiger partial charge in [0, 0.05) is 11.3 Å². The summed E-state index contributed by atoms with van der Waals surface area (Å²) in [5.74, 6) is 0.951. The third-order valence-electron chi connectivity index (χ3n) is 3.20. The first-order chi connectivity index (χ1) is 8.72. The van der Waals surface area contributed by atoms with E-state index in [1.165, 1.54) is 18.4 Å². The summed E-state index contributed by atoms with van der Waals surface area (Å²) < 4.78 is 5.73. The van der Waals surface area contributed by atoms with Crippen LogP contribution >= 0.6 is 0 Å². The third-order valence-corrected chi connectivity index (χ3v) is 3.20. The molecule has 2 aromatic rings. The topological polar surface area (TPSA) is 35.2 Å². The van der Waals surface area contributed by atoms with Crippen LogP contribution in [0.3, 0.4) is 0 Å². The van der Waals surface area contributed by atoms with Crippen molar-refractivity contribution in [1.82, 2.24) is 0 Å². The van der Waals surface area contributed by atoms with E-state index in [0.717, 1.165) is 22.6 Å². The molecule has 3 rings (SSSR count). The number of hydrogen-bond acceptors (Lipinski definition) is 2. The minimum atomic E-state index is 0.445. The van der Waals surface area contributed by atoms with Gasteiger partial charge in [-0.3, -0.25) is 0 Å². The molecule has 2 heteroatoms. The first-order valence-corrected chi connectivity index (χ1v) is 6.35. The minimum absolute atomic E-state index is 0.445. The van der Waals surface area contributed by atoms with Gasteiger partial charge in [-0.05, 0) is 49.1 Å². The number of hydrogen-bond donors (Lipinski definition) is 1. The number of ether oxygens (including phenoxy) is 1. The van der Waals surface area contributed by atoms with E-state index in [0.29, 0.717) is 6.10 Å². The molecule has 1 aliphatic carbocycles. The minimum Gasteiger partial charge on any atom is -0.490 e. The van der Waals surface area contributed by atoms with Gasteiger partial charge in [0.2, 0.25) is 0 Å². The molecule has 0 heterocycles. The van der Waals surface area contributed by atoms with E-state index >= 15 is 0 Å². The van der Waals surface area contributed by atoms with E-state index in [-0.39, 0.29) is 0 Å². The Bertz CT molecular complexity index is 556. The SMILES string of the molecule is Cc1ccc(-c2ccc(OC3CC3)cc2)c(N)c1. The average molecular weight is 239 g/mol. The Kier molecular flexibility index (Phi) is 2.71. The first-order valence-electron chi connectivity index (χ1n) is 6.35. The molecular formula is C16H17NO. The highest BCUT2D eigenvalue weighted by Crippen LogP contribution is 2.30. The molecule has 1 fully saturated rings. The summed E-state index contributed by atoms with van der Waals surface area (Å²) in [6.45, 7) is 2.05. The molecule has 0 aromatic heterocycles. The number of nitrogen functional groups attached to an aromatic ring is 1. The van der Waals surface area contributed by atoms with Crippen LogP contribution in [0.2, 0.25) is 0 Å². The second-order valence-electron chi connectivity index (χ2n) is 4.93.